The minimum atomic E-state index is -0.435. The molecular weight excluding hydrogens is 368 g/mol. The van der Waals surface area contributed by atoms with Crippen molar-refractivity contribution in [2.45, 2.75) is 0 Å². The Bertz CT molecular complexity index is 1110. The van der Waals surface area contributed by atoms with E-state index in [0.717, 1.165) is 16.3 Å². The maximum absolute atomic E-state index is 12.3. The number of amides is 3. The van der Waals surface area contributed by atoms with Gasteiger partial charge in [0.25, 0.3) is 5.91 Å². The van der Waals surface area contributed by atoms with Gasteiger partial charge in [0.05, 0.1) is 12.2 Å². The van der Waals surface area contributed by atoms with Crippen molar-refractivity contribution in [3.8, 4) is 11.3 Å². The average Bonchev–Trinajstić information content (AvgIpc) is 2.77. The molecule has 0 atom stereocenters. The number of aromatic nitrogens is 1. The highest BCUT2D eigenvalue weighted by molar-refractivity contribution is 6.06. The topological polar surface area (TPSA) is 100 Å². The van der Waals surface area contributed by atoms with Gasteiger partial charge in [0.2, 0.25) is 11.8 Å². The monoisotopic (exact) mass is 388 g/mol. The summed E-state index contributed by atoms with van der Waals surface area (Å²) in [5, 5.41) is 9.56. The first-order chi connectivity index (χ1) is 14.0. The molecule has 0 fully saturated rings. The minimum Gasteiger partial charge on any atom is -0.358 e. The van der Waals surface area contributed by atoms with E-state index >= 15 is 0 Å². The molecular formula is C22H20N4O3. The van der Waals surface area contributed by atoms with Crippen LogP contribution in [0.5, 0.6) is 0 Å². The summed E-state index contributed by atoms with van der Waals surface area (Å²) in [6.45, 7) is 3.35. The van der Waals surface area contributed by atoms with E-state index < -0.39 is 5.91 Å². The number of rotatable bonds is 6. The van der Waals surface area contributed by atoms with Crippen molar-refractivity contribution in [1.29, 1.82) is 0 Å². The minimum absolute atomic E-state index is 0.121. The number of nitrogens with one attached hydrogen (secondary N) is 3. The number of nitrogens with zero attached hydrogens (tertiary/aromatic N) is 1. The average molecular weight is 388 g/mol. The predicted octanol–water partition coefficient (Wildman–Crippen LogP) is 2.50. The third kappa shape index (κ3) is 4.65. The summed E-state index contributed by atoms with van der Waals surface area (Å²) >= 11 is 0. The number of hydrogen-bond donors (Lipinski definition) is 3. The van der Waals surface area contributed by atoms with Gasteiger partial charge in [-0.1, -0.05) is 36.9 Å². The van der Waals surface area contributed by atoms with Gasteiger partial charge in [0.1, 0.15) is 5.69 Å². The van der Waals surface area contributed by atoms with Crippen molar-refractivity contribution >= 4 is 34.2 Å². The summed E-state index contributed by atoms with van der Waals surface area (Å²) in [6, 6.07) is 16.4. The van der Waals surface area contributed by atoms with E-state index in [1.165, 1.54) is 13.1 Å². The van der Waals surface area contributed by atoms with Crippen LogP contribution in [0.2, 0.25) is 0 Å². The van der Waals surface area contributed by atoms with Crippen molar-refractivity contribution < 1.29 is 14.4 Å². The molecule has 0 radical (unpaired) electrons. The number of hydrogen-bond acceptors (Lipinski definition) is 4. The zero-order valence-corrected chi connectivity index (χ0v) is 15.9. The Morgan fingerprint density at radius 3 is 2.62 bits per heavy atom. The molecule has 0 bridgehead atoms. The molecule has 1 aromatic heterocycles. The first-order valence-electron chi connectivity index (χ1n) is 8.94. The number of carbonyl (C=O) groups excluding carboxylic acids is 3. The van der Waals surface area contributed by atoms with Gasteiger partial charge in [-0.3, -0.25) is 14.4 Å². The summed E-state index contributed by atoms with van der Waals surface area (Å²) in [5.41, 5.74) is 2.26. The third-order valence-electron chi connectivity index (χ3n) is 4.29. The number of anilines is 1. The smallest absolute Gasteiger partial charge is 0.270 e. The highest BCUT2D eigenvalue weighted by atomic mass is 16.2. The molecule has 3 N–H and O–H groups in total. The van der Waals surface area contributed by atoms with Gasteiger partial charge in [-0.15, -0.1) is 0 Å². The summed E-state index contributed by atoms with van der Waals surface area (Å²) in [4.78, 5) is 39.7. The Balaban J connectivity index is 1.93. The van der Waals surface area contributed by atoms with E-state index in [1.807, 2.05) is 36.4 Å². The molecule has 0 aliphatic heterocycles. The lowest BCUT2D eigenvalue weighted by Gasteiger charge is -2.10. The maximum atomic E-state index is 12.3. The van der Waals surface area contributed by atoms with E-state index in [0.29, 0.717) is 11.4 Å². The van der Waals surface area contributed by atoms with Crippen LogP contribution in [-0.2, 0) is 9.59 Å². The Hall–Kier alpha value is -4.00. The number of pyridine rings is 1. The molecule has 0 saturated heterocycles. The molecule has 0 spiro atoms. The second kappa shape index (κ2) is 8.79. The normalized spacial score (nSPS) is 10.2. The first-order valence-corrected chi connectivity index (χ1v) is 8.94. The van der Waals surface area contributed by atoms with Crippen LogP contribution in [0.25, 0.3) is 22.0 Å². The third-order valence-corrected chi connectivity index (χ3v) is 4.29. The zero-order valence-electron chi connectivity index (χ0n) is 15.9. The Labute approximate surface area is 167 Å². The van der Waals surface area contributed by atoms with Crippen molar-refractivity contribution in [2.75, 3.05) is 18.9 Å². The highest BCUT2D eigenvalue weighted by Crippen LogP contribution is 2.28. The summed E-state index contributed by atoms with van der Waals surface area (Å²) in [6.07, 6.45) is 1.21. The zero-order chi connectivity index (χ0) is 20.8. The fourth-order valence-electron chi connectivity index (χ4n) is 2.79. The van der Waals surface area contributed by atoms with Gasteiger partial charge < -0.3 is 16.0 Å². The number of carbonyl (C=O) groups is 3. The van der Waals surface area contributed by atoms with Crippen LogP contribution in [-0.4, -0.2) is 36.3 Å². The molecule has 0 aliphatic carbocycles. The van der Waals surface area contributed by atoms with Crippen LogP contribution in [0.15, 0.2) is 67.3 Å². The van der Waals surface area contributed by atoms with E-state index in [9.17, 15) is 14.4 Å². The number of fused-ring (bicyclic) bond motifs is 1. The molecule has 1 heterocycles. The fourth-order valence-corrected chi connectivity index (χ4v) is 2.79. The van der Waals surface area contributed by atoms with Gasteiger partial charge in [0.15, 0.2) is 0 Å². The lowest BCUT2D eigenvalue weighted by atomic mass is 10.0. The van der Waals surface area contributed by atoms with Gasteiger partial charge in [-0.2, -0.15) is 0 Å². The van der Waals surface area contributed by atoms with Crippen molar-refractivity contribution in [2.24, 2.45) is 0 Å². The first kappa shape index (κ1) is 19.8. The molecule has 2 aromatic carbocycles. The van der Waals surface area contributed by atoms with Crippen molar-refractivity contribution in [1.82, 2.24) is 15.6 Å². The molecule has 3 rings (SSSR count). The van der Waals surface area contributed by atoms with E-state index in [1.54, 1.807) is 18.2 Å². The van der Waals surface area contributed by atoms with E-state index in [2.05, 4.69) is 27.5 Å². The van der Waals surface area contributed by atoms with Crippen LogP contribution >= 0.6 is 0 Å². The van der Waals surface area contributed by atoms with Gasteiger partial charge in [-0.05, 0) is 35.7 Å². The molecule has 7 nitrogen and oxygen atoms in total. The Morgan fingerprint density at radius 2 is 1.86 bits per heavy atom. The van der Waals surface area contributed by atoms with Crippen LogP contribution in [0.1, 0.15) is 10.5 Å². The highest BCUT2D eigenvalue weighted by Gasteiger charge is 2.11. The fraction of sp³-hybridized carbons (Fsp3) is 0.0909. The van der Waals surface area contributed by atoms with Crippen LogP contribution < -0.4 is 16.0 Å². The lowest BCUT2D eigenvalue weighted by Crippen LogP contribution is -2.35. The molecule has 0 saturated carbocycles. The van der Waals surface area contributed by atoms with Gasteiger partial charge >= 0.3 is 0 Å². The lowest BCUT2D eigenvalue weighted by molar-refractivity contribution is -0.119. The van der Waals surface area contributed by atoms with E-state index in [-0.39, 0.29) is 24.1 Å². The molecule has 0 aliphatic rings. The Morgan fingerprint density at radius 1 is 1.07 bits per heavy atom. The van der Waals surface area contributed by atoms with Gasteiger partial charge in [0, 0.05) is 23.7 Å². The summed E-state index contributed by atoms with van der Waals surface area (Å²) in [5.74, 6) is -1.02. The van der Waals surface area contributed by atoms with Crippen LogP contribution in [0, 0.1) is 0 Å². The molecule has 29 heavy (non-hydrogen) atoms. The molecule has 3 amide bonds. The summed E-state index contributed by atoms with van der Waals surface area (Å²) in [7, 11) is 1.50. The molecule has 7 heteroatoms. The van der Waals surface area contributed by atoms with Crippen LogP contribution in [0.3, 0.4) is 0 Å². The van der Waals surface area contributed by atoms with Gasteiger partial charge in [-0.25, -0.2) is 4.98 Å². The standard InChI is InChI=1S/C22H20N4O3/c1-3-20(27)26-18-8-4-6-14-10-11-15(12-16(14)18)17-7-5-9-19(25-17)22(29)24-13-21(28)23-2/h3-12H,1,13H2,2H3,(H,23,28)(H,24,29)(H,26,27). The van der Waals surface area contributed by atoms with Crippen molar-refractivity contribution in [3.63, 3.8) is 0 Å². The SMILES string of the molecule is C=CC(=O)Nc1cccc2ccc(-c3cccc(C(=O)NCC(=O)NC)n3)cc12. The van der Waals surface area contributed by atoms with E-state index in [4.69, 9.17) is 0 Å². The second-order valence-corrected chi connectivity index (χ2v) is 6.20. The van der Waals surface area contributed by atoms with Crippen LogP contribution in [0.4, 0.5) is 5.69 Å². The number of likely N-dealkylation sites (N-methyl/N-ethyl adjacent to an activating group) is 1. The summed E-state index contributed by atoms with van der Waals surface area (Å²) < 4.78 is 0. The predicted molar refractivity (Wildman–Crippen MR) is 112 cm³/mol. The second-order valence-electron chi connectivity index (χ2n) is 6.20. The molecule has 0 unspecified atom stereocenters. The largest absolute Gasteiger partial charge is 0.358 e. The quantitative estimate of drug-likeness (QED) is 0.565. The molecule has 3 aromatic rings. The maximum Gasteiger partial charge on any atom is 0.270 e. The van der Waals surface area contributed by atoms with Crippen molar-refractivity contribution in [3.05, 3.63) is 72.9 Å². The molecule has 146 valence electrons. The Kier molecular flexibility index (Phi) is 5.99. The number of benzene rings is 2.